The van der Waals surface area contributed by atoms with Crippen LogP contribution in [-0.4, -0.2) is 28.3 Å². The van der Waals surface area contributed by atoms with Crippen LogP contribution in [0.3, 0.4) is 0 Å². The van der Waals surface area contributed by atoms with Crippen molar-refractivity contribution >= 4 is 35.6 Å². The van der Waals surface area contributed by atoms with Gasteiger partial charge in [-0.05, 0) is 30.3 Å². The molecule has 1 N–H and O–H groups in total. The molecule has 4 nitrogen and oxygen atoms in total. The molecule has 1 fully saturated rings. The van der Waals surface area contributed by atoms with E-state index in [1.54, 1.807) is 0 Å². The van der Waals surface area contributed by atoms with Crippen molar-refractivity contribution in [3.05, 3.63) is 66.2 Å². The summed E-state index contributed by atoms with van der Waals surface area (Å²) in [6.45, 7) is 0. The van der Waals surface area contributed by atoms with Gasteiger partial charge in [0.15, 0.2) is 0 Å². The topological polar surface area (TPSA) is 59.4 Å². The molecule has 0 radical (unpaired) electrons. The predicted molar refractivity (Wildman–Crippen MR) is 109 cm³/mol. The summed E-state index contributed by atoms with van der Waals surface area (Å²) < 4.78 is 5.31. The lowest BCUT2D eigenvalue weighted by atomic mass is 10.0. The van der Waals surface area contributed by atoms with E-state index in [1.807, 2.05) is 60.7 Å². The summed E-state index contributed by atoms with van der Waals surface area (Å²) in [6, 6.07) is 17.9. The van der Waals surface area contributed by atoms with Crippen molar-refractivity contribution in [1.29, 1.82) is 0 Å². The van der Waals surface area contributed by atoms with Gasteiger partial charge in [-0.25, -0.2) is 4.98 Å². The van der Waals surface area contributed by atoms with Gasteiger partial charge < -0.3 is 9.84 Å². The molecule has 2 atom stereocenters. The number of fused-ring (bicyclic) bond motifs is 1. The number of nitrogens with zero attached hydrogens (tertiary/aromatic N) is 1. The first-order valence-corrected chi connectivity index (χ1v) is 9.28. The molecule has 1 aliphatic rings. The number of carbonyl (C=O) groups excluding carboxylic acids is 1. The average molecular weight is 377 g/mol. The fourth-order valence-corrected chi connectivity index (χ4v) is 3.40. The van der Waals surface area contributed by atoms with Gasteiger partial charge in [0.05, 0.1) is 23.7 Å². The van der Waals surface area contributed by atoms with Crippen LogP contribution in [-0.2, 0) is 9.53 Å². The van der Waals surface area contributed by atoms with Crippen LogP contribution in [0.5, 0.6) is 0 Å². The molecule has 2 aromatic carbocycles. The lowest BCUT2D eigenvalue weighted by Gasteiger charge is -2.23. The zero-order valence-corrected chi connectivity index (χ0v) is 15.5. The number of carbonyl (C=O) groups is 1. The van der Waals surface area contributed by atoms with E-state index in [4.69, 9.17) is 9.72 Å². The SMILES string of the molecule is O=C1C[C@H](O)C[C@@H](C=Cc2cc3ccccc3nc2-c2ccc(S)cc2)O1. The first-order valence-electron chi connectivity index (χ1n) is 8.83. The van der Waals surface area contributed by atoms with Crippen LogP contribution in [0.2, 0.25) is 0 Å². The average Bonchev–Trinajstić information content (AvgIpc) is 2.65. The Bertz CT molecular complexity index is 1010. The second-order valence-electron chi connectivity index (χ2n) is 6.65. The molecule has 0 amide bonds. The molecular weight excluding hydrogens is 358 g/mol. The molecule has 1 saturated heterocycles. The lowest BCUT2D eigenvalue weighted by Crippen LogP contribution is -2.31. The van der Waals surface area contributed by atoms with E-state index >= 15 is 0 Å². The van der Waals surface area contributed by atoms with Crippen molar-refractivity contribution in [2.24, 2.45) is 0 Å². The number of rotatable bonds is 3. The van der Waals surface area contributed by atoms with E-state index in [9.17, 15) is 9.90 Å². The maximum Gasteiger partial charge on any atom is 0.309 e. The fourth-order valence-electron chi connectivity index (χ4n) is 3.25. The molecule has 3 aromatic rings. The maximum absolute atomic E-state index is 11.6. The molecule has 2 heterocycles. The summed E-state index contributed by atoms with van der Waals surface area (Å²) in [4.78, 5) is 17.3. The number of aliphatic hydroxyl groups excluding tert-OH is 1. The van der Waals surface area contributed by atoms with Crippen molar-refractivity contribution in [2.45, 2.75) is 29.9 Å². The molecule has 5 heteroatoms. The van der Waals surface area contributed by atoms with Crippen LogP contribution in [0.4, 0.5) is 0 Å². The highest BCUT2D eigenvalue weighted by Gasteiger charge is 2.25. The Hall–Kier alpha value is -2.63. The van der Waals surface area contributed by atoms with Crippen molar-refractivity contribution in [1.82, 2.24) is 4.98 Å². The maximum atomic E-state index is 11.6. The van der Waals surface area contributed by atoms with Gasteiger partial charge >= 0.3 is 5.97 Å². The van der Waals surface area contributed by atoms with Gasteiger partial charge in [-0.1, -0.05) is 36.4 Å². The highest BCUT2D eigenvalue weighted by atomic mass is 32.1. The summed E-state index contributed by atoms with van der Waals surface area (Å²) in [5.74, 6) is -0.371. The van der Waals surface area contributed by atoms with Crippen molar-refractivity contribution < 1.29 is 14.6 Å². The van der Waals surface area contributed by atoms with Crippen molar-refractivity contribution in [3.8, 4) is 11.3 Å². The molecule has 4 rings (SSSR count). The van der Waals surface area contributed by atoms with E-state index < -0.39 is 12.2 Å². The van der Waals surface area contributed by atoms with Crippen LogP contribution in [0, 0.1) is 0 Å². The van der Waals surface area contributed by atoms with Gasteiger partial charge in [-0.15, -0.1) is 12.6 Å². The minimum Gasteiger partial charge on any atom is -0.458 e. The molecule has 27 heavy (non-hydrogen) atoms. The van der Waals surface area contributed by atoms with Gasteiger partial charge in [0.25, 0.3) is 0 Å². The lowest BCUT2D eigenvalue weighted by molar-refractivity contribution is -0.156. The zero-order chi connectivity index (χ0) is 18.8. The number of hydrogen-bond acceptors (Lipinski definition) is 5. The molecule has 136 valence electrons. The number of para-hydroxylation sites is 1. The quantitative estimate of drug-likeness (QED) is 0.529. The molecule has 0 unspecified atom stereocenters. The standard InChI is InChI=1S/C22H19NO3S/c24-17-12-18(26-21(25)13-17)8-5-16-11-15-3-1-2-4-20(15)23-22(16)14-6-9-19(27)10-7-14/h1-11,17-18,24,27H,12-13H2/t17-,18-/m1/s1. The molecule has 0 spiro atoms. The Labute approximate surface area is 162 Å². The third kappa shape index (κ3) is 4.04. The Kier molecular flexibility index (Phi) is 4.97. The number of esters is 1. The van der Waals surface area contributed by atoms with Gasteiger partial charge in [-0.3, -0.25) is 4.79 Å². The Balaban J connectivity index is 1.75. The molecule has 0 aliphatic carbocycles. The summed E-state index contributed by atoms with van der Waals surface area (Å²) in [7, 11) is 0. The number of ether oxygens (including phenoxy) is 1. The number of cyclic esters (lactones) is 1. The fraction of sp³-hybridized carbons (Fsp3) is 0.182. The summed E-state index contributed by atoms with van der Waals surface area (Å²) >= 11 is 4.35. The summed E-state index contributed by atoms with van der Waals surface area (Å²) in [6.07, 6.45) is 3.12. The third-order valence-electron chi connectivity index (χ3n) is 4.57. The van der Waals surface area contributed by atoms with E-state index in [0.29, 0.717) is 6.42 Å². The minimum atomic E-state index is -0.655. The number of pyridine rings is 1. The normalized spacial score (nSPS) is 20.1. The van der Waals surface area contributed by atoms with Crippen LogP contribution in [0.15, 0.2) is 65.6 Å². The Morgan fingerprint density at radius 1 is 1.15 bits per heavy atom. The summed E-state index contributed by atoms with van der Waals surface area (Å²) in [5.41, 5.74) is 3.68. The van der Waals surface area contributed by atoms with Gasteiger partial charge in [0, 0.05) is 27.8 Å². The molecule has 1 aromatic heterocycles. The van der Waals surface area contributed by atoms with Crippen molar-refractivity contribution in [3.63, 3.8) is 0 Å². The zero-order valence-electron chi connectivity index (χ0n) is 14.6. The Morgan fingerprint density at radius 2 is 1.93 bits per heavy atom. The van der Waals surface area contributed by atoms with E-state index in [-0.39, 0.29) is 12.4 Å². The first-order chi connectivity index (χ1) is 13.1. The van der Waals surface area contributed by atoms with Gasteiger partial charge in [0.1, 0.15) is 6.10 Å². The smallest absolute Gasteiger partial charge is 0.309 e. The van der Waals surface area contributed by atoms with Crippen LogP contribution in [0.25, 0.3) is 28.2 Å². The molecule has 0 bridgehead atoms. The largest absolute Gasteiger partial charge is 0.458 e. The molecular formula is C22H19NO3S. The van der Waals surface area contributed by atoms with Gasteiger partial charge in [-0.2, -0.15) is 0 Å². The van der Waals surface area contributed by atoms with Crippen LogP contribution in [0.1, 0.15) is 18.4 Å². The van der Waals surface area contributed by atoms with E-state index in [1.165, 1.54) is 0 Å². The van der Waals surface area contributed by atoms with E-state index in [0.717, 1.165) is 32.6 Å². The number of aliphatic hydroxyl groups is 1. The van der Waals surface area contributed by atoms with E-state index in [2.05, 4.69) is 18.7 Å². The van der Waals surface area contributed by atoms with Crippen LogP contribution >= 0.6 is 12.6 Å². The number of thiol groups is 1. The monoisotopic (exact) mass is 377 g/mol. The second-order valence-corrected chi connectivity index (χ2v) is 7.16. The second kappa shape index (κ2) is 7.55. The third-order valence-corrected chi connectivity index (χ3v) is 4.87. The first kappa shape index (κ1) is 17.8. The predicted octanol–water partition coefficient (Wildman–Crippen LogP) is 4.27. The molecule has 0 saturated carbocycles. The van der Waals surface area contributed by atoms with Gasteiger partial charge in [0.2, 0.25) is 0 Å². The number of hydrogen-bond donors (Lipinski definition) is 2. The number of benzene rings is 2. The highest BCUT2D eigenvalue weighted by molar-refractivity contribution is 7.80. The highest BCUT2D eigenvalue weighted by Crippen LogP contribution is 2.28. The van der Waals surface area contributed by atoms with Crippen LogP contribution < -0.4 is 0 Å². The molecule has 1 aliphatic heterocycles. The van der Waals surface area contributed by atoms with Crippen molar-refractivity contribution in [2.75, 3.05) is 0 Å². The number of aromatic nitrogens is 1. The Morgan fingerprint density at radius 3 is 2.70 bits per heavy atom. The minimum absolute atomic E-state index is 0.0587. The summed E-state index contributed by atoms with van der Waals surface area (Å²) in [5, 5.41) is 10.8.